The third kappa shape index (κ3) is 5.21. The number of furan rings is 1. The van der Waals surface area contributed by atoms with Crippen molar-refractivity contribution in [2.24, 2.45) is 0 Å². The quantitative estimate of drug-likeness (QED) is 0.172. The maximum atomic E-state index is 7.07. The fraction of sp³-hybridized carbons (Fsp3) is 0. The molecule has 4 heterocycles. The van der Waals surface area contributed by atoms with Crippen LogP contribution in [0.4, 0.5) is 0 Å². The van der Waals surface area contributed by atoms with Gasteiger partial charge in [0.25, 0.3) is 0 Å². The molecule has 7 aromatic carbocycles. The Kier molecular flexibility index (Phi) is 7.42. The fourth-order valence-corrected chi connectivity index (χ4v) is 8.04. The molecule has 0 atom stereocenters. The Labute approximate surface area is 322 Å². The molecule has 0 radical (unpaired) electrons. The molecule has 0 N–H and O–H groups in total. The third-order valence-electron chi connectivity index (χ3n) is 10.6. The second-order valence-electron chi connectivity index (χ2n) is 14.0. The first-order chi connectivity index (χ1) is 27.8. The number of nitrogens with zero attached hydrogens (tertiary/aromatic N) is 4. The average Bonchev–Trinajstić information content (AvgIpc) is 3.82. The molecule has 0 amide bonds. The molecule has 0 bridgehead atoms. The van der Waals surface area contributed by atoms with Gasteiger partial charge in [0.1, 0.15) is 5.69 Å². The Bertz CT molecular complexity index is 3150. The number of benzene rings is 7. The van der Waals surface area contributed by atoms with E-state index < -0.39 is 0 Å². The van der Waals surface area contributed by atoms with Gasteiger partial charge in [-0.15, -0.1) is 0 Å². The van der Waals surface area contributed by atoms with Crippen LogP contribution >= 0.6 is 0 Å². The number of hydrogen-bond acceptors (Lipinski definition) is 4. The van der Waals surface area contributed by atoms with E-state index in [4.69, 9.17) is 19.4 Å². The van der Waals surface area contributed by atoms with Crippen LogP contribution < -0.4 is 0 Å². The van der Waals surface area contributed by atoms with E-state index in [1.165, 1.54) is 0 Å². The van der Waals surface area contributed by atoms with Crippen LogP contribution in [0.25, 0.3) is 106 Å². The topological polar surface area (TPSA) is 56.7 Å². The molecule has 0 spiro atoms. The molecule has 0 aliphatic heterocycles. The highest BCUT2D eigenvalue weighted by atomic mass is 16.3. The zero-order valence-electron chi connectivity index (χ0n) is 30.2. The molecule has 262 valence electrons. The van der Waals surface area contributed by atoms with E-state index in [9.17, 15) is 0 Å². The zero-order valence-corrected chi connectivity index (χ0v) is 30.2. The molecule has 56 heavy (non-hydrogen) atoms. The van der Waals surface area contributed by atoms with E-state index in [0.717, 1.165) is 100 Å². The van der Waals surface area contributed by atoms with Gasteiger partial charge in [0.15, 0.2) is 11.4 Å². The molecular weight excluding hydrogens is 685 g/mol. The Balaban J connectivity index is 1.15. The van der Waals surface area contributed by atoms with Crippen molar-refractivity contribution in [3.8, 4) is 62.0 Å². The van der Waals surface area contributed by atoms with Gasteiger partial charge in [0.2, 0.25) is 5.71 Å². The largest absolute Gasteiger partial charge is 0.437 e. The minimum absolute atomic E-state index is 0.698. The number of pyridine rings is 1. The smallest absolute Gasteiger partial charge is 0.213 e. The minimum Gasteiger partial charge on any atom is -0.437 e. The van der Waals surface area contributed by atoms with Gasteiger partial charge in [-0.3, -0.25) is 4.57 Å². The lowest BCUT2D eigenvalue weighted by molar-refractivity contribution is 0.645. The summed E-state index contributed by atoms with van der Waals surface area (Å²) in [6.45, 7) is 0. The Morgan fingerprint density at radius 2 is 0.982 bits per heavy atom. The van der Waals surface area contributed by atoms with Crippen LogP contribution in [0.15, 0.2) is 199 Å². The highest BCUT2D eigenvalue weighted by Gasteiger charge is 2.26. The summed E-state index contributed by atoms with van der Waals surface area (Å²) in [5.41, 5.74) is 13.5. The van der Waals surface area contributed by atoms with Gasteiger partial charge in [-0.05, 0) is 41.5 Å². The SMILES string of the molecule is c1ccc(-c2cc(-c3ccc(-c4cccc5c4c4c6c(oc4n5-c4ccccc4)c(-c4ccccc4)nc4ccccc46)cc3)nc(-c3ccccc3)n2)cc1. The lowest BCUT2D eigenvalue weighted by Gasteiger charge is -2.11. The molecule has 0 aliphatic rings. The second-order valence-corrected chi connectivity index (χ2v) is 14.0. The normalized spacial score (nSPS) is 11.6. The van der Waals surface area contributed by atoms with E-state index in [1.54, 1.807) is 0 Å². The van der Waals surface area contributed by atoms with Crippen LogP contribution in [0, 0.1) is 0 Å². The van der Waals surface area contributed by atoms with Crippen molar-refractivity contribution in [2.45, 2.75) is 0 Å². The molecule has 0 unspecified atom stereocenters. The molecule has 0 saturated heterocycles. The summed E-state index contributed by atoms with van der Waals surface area (Å²) in [4.78, 5) is 15.3. The number of hydrogen-bond donors (Lipinski definition) is 0. The van der Waals surface area contributed by atoms with Crippen molar-refractivity contribution in [3.05, 3.63) is 194 Å². The molecular formula is C51H32N4O. The molecule has 0 saturated carbocycles. The minimum atomic E-state index is 0.698. The van der Waals surface area contributed by atoms with Crippen molar-refractivity contribution < 1.29 is 4.42 Å². The summed E-state index contributed by atoms with van der Waals surface area (Å²) in [6.07, 6.45) is 0. The van der Waals surface area contributed by atoms with Crippen LogP contribution in [0.1, 0.15) is 0 Å². The van der Waals surface area contributed by atoms with E-state index in [0.29, 0.717) is 5.82 Å². The zero-order chi connectivity index (χ0) is 37.0. The van der Waals surface area contributed by atoms with Crippen LogP contribution in [0.3, 0.4) is 0 Å². The van der Waals surface area contributed by atoms with Crippen molar-refractivity contribution in [3.63, 3.8) is 0 Å². The average molecular weight is 717 g/mol. The maximum absolute atomic E-state index is 7.07. The first kappa shape index (κ1) is 31.9. The summed E-state index contributed by atoms with van der Waals surface area (Å²) < 4.78 is 9.32. The second kappa shape index (κ2) is 13.0. The third-order valence-corrected chi connectivity index (χ3v) is 10.6. The van der Waals surface area contributed by atoms with Crippen LogP contribution in [0.5, 0.6) is 0 Å². The van der Waals surface area contributed by atoms with Crippen molar-refractivity contribution in [1.29, 1.82) is 0 Å². The van der Waals surface area contributed by atoms with Gasteiger partial charge in [-0.1, -0.05) is 164 Å². The number of rotatable bonds is 6. The lowest BCUT2D eigenvalue weighted by atomic mass is 9.96. The summed E-state index contributed by atoms with van der Waals surface area (Å²) >= 11 is 0. The van der Waals surface area contributed by atoms with Crippen LogP contribution in [-0.2, 0) is 0 Å². The molecule has 11 rings (SSSR count). The molecule has 5 nitrogen and oxygen atoms in total. The summed E-state index contributed by atoms with van der Waals surface area (Å²) in [6, 6.07) is 67.1. The number of para-hydroxylation sites is 2. The van der Waals surface area contributed by atoms with Crippen LogP contribution in [0.2, 0.25) is 0 Å². The standard InChI is InChI=1S/C51H32N4O/c1-5-16-34(17-6-1)42-32-43(54-50(53-42)37-20-9-3-10-21-37)35-30-28-33(29-31-35)39-25-15-27-44-45(39)47-46-40-24-13-14-26-41(40)52-48(36-18-7-2-8-19-36)49(46)56-51(47)55(44)38-22-11-4-12-23-38/h1-32H. The molecule has 0 fully saturated rings. The van der Waals surface area contributed by atoms with Gasteiger partial charge in [-0.25, -0.2) is 15.0 Å². The Morgan fingerprint density at radius 1 is 0.411 bits per heavy atom. The predicted octanol–water partition coefficient (Wildman–Crippen LogP) is 13.2. The van der Waals surface area contributed by atoms with E-state index >= 15 is 0 Å². The monoisotopic (exact) mass is 716 g/mol. The summed E-state index contributed by atoms with van der Waals surface area (Å²) in [5, 5.41) is 4.33. The highest BCUT2D eigenvalue weighted by molar-refractivity contribution is 6.30. The molecule has 11 aromatic rings. The predicted molar refractivity (Wildman–Crippen MR) is 229 cm³/mol. The lowest BCUT2D eigenvalue weighted by Crippen LogP contribution is -1.95. The Hall–Kier alpha value is -7.63. The fourth-order valence-electron chi connectivity index (χ4n) is 8.04. The van der Waals surface area contributed by atoms with Gasteiger partial charge in [-0.2, -0.15) is 0 Å². The first-order valence-electron chi connectivity index (χ1n) is 18.8. The highest BCUT2D eigenvalue weighted by Crippen LogP contribution is 2.47. The number of aromatic nitrogens is 4. The van der Waals surface area contributed by atoms with E-state index in [2.05, 4.69) is 150 Å². The van der Waals surface area contributed by atoms with E-state index in [1.807, 2.05) is 48.5 Å². The number of fused-ring (bicyclic) bond motifs is 7. The van der Waals surface area contributed by atoms with E-state index in [-0.39, 0.29) is 0 Å². The summed E-state index contributed by atoms with van der Waals surface area (Å²) in [5.74, 6) is 0.698. The van der Waals surface area contributed by atoms with Gasteiger partial charge in [0.05, 0.1) is 27.8 Å². The van der Waals surface area contributed by atoms with Crippen molar-refractivity contribution in [1.82, 2.24) is 19.5 Å². The summed E-state index contributed by atoms with van der Waals surface area (Å²) in [7, 11) is 0. The van der Waals surface area contributed by atoms with Crippen molar-refractivity contribution in [2.75, 3.05) is 0 Å². The van der Waals surface area contributed by atoms with Crippen molar-refractivity contribution >= 4 is 43.9 Å². The van der Waals surface area contributed by atoms with Gasteiger partial charge < -0.3 is 4.42 Å². The molecule has 0 aliphatic carbocycles. The first-order valence-corrected chi connectivity index (χ1v) is 18.8. The molecule has 4 aromatic heterocycles. The molecule has 5 heteroatoms. The van der Waals surface area contributed by atoms with Crippen LogP contribution in [-0.4, -0.2) is 19.5 Å². The Morgan fingerprint density at radius 3 is 1.68 bits per heavy atom. The maximum Gasteiger partial charge on any atom is 0.213 e. The van der Waals surface area contributed by atoms with Gasteiger partial charge >= 0.3 is 0 Å². The van der Waals surface area contributed by atoms with Gasteiger partial charge in [0, 0.05) is 44.1 Å².